The summed E-state index contributed by atoms with van der Waals surface area (Å²) < 4.78 is 5.48. The first kappa shape index (κ1) is 12.6. The Hall–Kier alpha value is -0.900. The molecule has 2 rings (SSSR count). The predicted octanol–water partition coefficient (Wildman–Crippen LogP) is 1.46. The molecular formula is C14H22N2O. The number of nitrogens with two attached hydrogens (primary N) is 1. The Bertz CT molecular complexity index is 358. The number of aryl methyl sites for hydroxylation is 2. The van der Waals surface area contributed by atoms with Crippen molar-refractivity contribution in [1.29, 1.82) is 0 Å². The smallest absolute Gasteiger partial charge is 0.0634 e. The van der Waals surface area contributed by atoms with E-state index in [1.165, 1.54) is 16.7 Å². The molecule has 1 saturated heterocycles. The molecule has 1 atom stereocenters. The molecule has 0 radical (unpaired) electrons. The SMILES string of the molecule is Cc1cccc(C)c1CN1CCOCC1CN. The minimum atomic E-state index is 0.364. The average molecular weight is 234 g/mol. The van der Waals surface area contributed by atoms with Crippen molar-refractivity contribution in [3.63, 3.8) is 0 Å². The van der Waals surface area contributed by atoms with E-state index in [4.69, 9.17) is 10.5 Å². The van der Waals surface area contributed by atoms with E-state index in [0.29, 0.717) is 12.6 Å². The second-order valence-electron chi connectivity index (χ2n) is 4.81. The summed E-state index contributed by atoms with van der Waals surface area (Å²) in [4.78, 5) is 2.44. The van der Waals surface area contributed by atoms with Gasteiger partial charge in [0.1, 0.15) is 0 Å². The lowest BCUT2D eigenvalue weighted by atomic mass is 10.0. The fraction of sp³-hybridized carbons (Fsp3) is 0.571. The zero-order valence-electron chi connectivity index (χ0n) is 10.8. The van der Waals surface area contributed by atoms with Crippen molar-refractivity contribution < 1.29 is 4.74 Å². The lowest BCUT2D eigenvalue weighted by Gasteiger charge is -2.35. The Morgan fingerprint density at radius 2 is 2.06 bits per heavy atom. The van der Waals surface area contributed by atoms with Crippen LogP contribution in [0.15, 0.2) is 18.2 Å². The third-order valence-corrected chi connectivity index (χ3v) is 3.63. The molecule has 17 heavy (non-hydrogen) atoms. The van der Waals surface area contributed by atoms with E-state index in [1.54, 1.807) is 0 Å². The zero-order valence-corrected chi connectivity index (χ0v) is 10.8. The van der Waals surface area contributed by atoms with Gasteiger partial charge in [0.25, 0.3) is 0 Å². The highest BCUT2D eigenvalue weighted by Gasteiger charge is 2.22. The van der Waals surface area contributed by atoms with Crippen LogP contribution < -0.4 is 5.73 Å². The van der Waals surface area contributed by atoms with Crippen molar-refractivity contribution in [2.24, 2.45) is 5.73 Å². The van der Waals surface area contributed by atoms with E-state index in [2.05, 4.69) is 36.9 Å². The molecule has 1 aliphatic heterocycles. The molecule has 3 nitrogen and oxygen atoms in total. The average Bonchev–Trinajstić information content (AvgIpc) is 2.34. The zero-order chi connectivity index (χ0) is 12.3. The Balaban J connectivity index is 2.13. The van der Waals surface area contributed by atoms with E-state index in [-0.39, 0.29) is 0 Å². The first-order valence-electron chi connectivity index (χ1n) is 6.29. The van der Waals surface area contributed by atoms with Gasteiger partial charge in [-0.15, -0.1) is 0 Å². The molecule has 0 saturated carbocycles. The third kappa shape index (κ3) is 2.86. The monoisotopic (exact) mass is 234 g/mol. The lowest BCUT2D eigenvalue weighted by molar-refractivity contribution is -0.00808. The van der Waals surface area contributed by atoms with E-state index in [9.17, 15) is 0 Å². The van der Waals surface area contributed by atoms with Crippen LogP contribution in [0.3, 0.4) is 0 Å². The highest BCUT2D eigenvalue weighted by Crippen LogP contribution is 2.18. The number of morpholine rings is 1. The van der Waals surface area contributed by atoms with Crippen LogP contribution in [-0.2, 0) is 11.3 Å². The molecule has 1 fully saturated rings. The molecule has 1 heterocycles. The molecule has 1 aromatic carbocycles. The summed E-state index contributed by atoms with van der Waals surface area (Å²) in [6, 6.07) is 6.84. The van der Waals surface area contributed by atoms with Gasteiger partial charge in [0.2, 0.25) is 0 Å². The van der Waals surface area contributed by atoms with Gasteiger partial charge in [-0.3, -0.25) is 4.90 Å². The van der Waals surface area contributed by atoms with Gasteiger partial charge in [-0.1, -0.05) is 18.2 Å². The molecule has 3 heteroatoms. The van der Waals surface area contributed by atoms with E-state index in [0.717, 1.165) is 26.3 Å². The van der Waals surface area contributed by atoms with Crippen molar-refractivity contribution in [1.82, 2.24) is 4.90 Å². The van der Waals surface area contributed by atoms with Crippen LogP contribution in [0.25, 0.3) is 0 Å². The highest BCUT2D eigenvalue weighted by atomic mass is 16.5. The summed E-state index contributed by atoms with van der Waals surface area (Å²) in [6.45, 7) is 8.59. The summed E-state index contributed by atoms with van der Waals surface area (Å²) in [5.74, 6) is 0. The van der Waals surface area contributed by atoms with Crippen LogP contribution in [0, 0.1) is 13.8 Å². The van der Waals surface area contributed by atoms with E-state index in [1.807, 2.05) is 0 Å². The highest BCUT2D eigenvalue weighted by molar-refractivity contribution is 5.33. The van der Waals surface area contributed by atoms with Crippen LogP contribution in [0.1, 0.15) is 16.7 Å². The van der Waals surface area contributed by atoms with Crippen molar-refractivity contribution in [3.05, 3.63) is 34.9 Å². The van der Waals surface area contributed by atoms with Gasteiger partial charge in [-0.25, -0.2) is 0 Å². The molecule has 0 bridgehead atoms. The van der Waals surface area contributed by atoms with Crippen LogP contribution in [0.4, 0.5) is 0 Å². The normalized spacial score (nSPS) is 21.7. The molecule has 1 aliphatic rings. The number of ether oxygens (including phenoxy) is 1. The molecule has 1 unspecified atom stereocenters. The summed E-state index contributed by atoms with van der Waals surface area (Å²) in [7, 11) is 0. The van der Waals surface area contributed by atoms with Gasteiger partial charge < -0.3 is 10.5 Å². The third-order valence-electron chi connectivity index (χ3n) is 3.63. The first-order valence-corrected chi connectivity index (χ1v) is 6.29. The van der Waals surface area contributed by atoms with E-state index < -0.39 is 0 Å². The minimum absolute atomic E-state index is 0.364. The van der Waals surface area contributed by atoms with Crippen molar-refractivity contribution in [2.75, 3.05) is 26.3 Å². The number of nitrogens with zero attached hydrogens (tertiary/aromatic N) is 1. The van der Waals surface area contributed by atoms with Gasteiger partial charge in [0, 0.05) is 25.7 Å². The van der Waals surface area contributed by atoms with Crippen LogP contribution in [-0.4, -0.2) is 37.2 Å². The molecule has 1 aromatic rings. The minimum Gasteiger partial charge on any atom is -0.378 e. The first-order chi connectivity index (χ1) is 8.22. The Morgan fingerprint density at radius 1 is 1.35 bits per heavy atom. The number of hydrogen-bond acceptors (Lipinski definition) is 3. The lowest BCUT2D eigenvalue weighted by Crippen LogP contribution is -2.48. The Morgan fingerprint density at radius 3 is 2.71 bits per heavy atom. The maximum absolute atomic E-state index is 5.80. The Kier molecular flexibility index (Phi) is 4.15. The Labute approximate surface area is 104 Å². The van der Waals surface area contributed by atoms with Gasteiger partial charge in [-0.2, -0.15) is 0 Å². The largest absolute Gasteiger partial charge is 0.378 e. The van der Waals surface area contributed by atoms with Crippen molar-refractivity contribution >= 4 is 0 Å². The summed E-state index contributed by atoms with van der Waals surface area (Å²) in [5.41, 5.74) is 9.98. The summed E-state index contributed by atoms with van der Waals surface area (Å²) >= 11 is 0. The molecular weight excluding hydrogens is 212 g/mol. The summed E-state index contributed by atoms with van der Waals surface area (Å²) in [6.07, 6.45) is 0. The molecule has 0 amide bonds. The summed E-state index contributed by atoms with van der Waals surface area (Å²) in [5, 5.41) is 0. The van der Waals surface area contributed by atoms with Gasteiger partial charge in [-0.05, 0) is 30.5 Å². The van der Waals surface area contributed by atoms with Crippen LogP contribution in [0.5, 0.6) is 0 Å². The second kappa shape index (κ2) is 5.63. The molecule has 0 aliphatic carbocycles. The van der Waals surface area contributed by atoms with E-state index >= 15 is 0 Å². The fourth-order valence-corrected chi connectivity index (χ4v) is 2.42. The second-order valence-corrected chi connectivity index (χ2v) is 4.81. The van der Waals surface area contributed by atoms with Gasteiger partial charge in [0.15, 0.2) is 0 Å². The molecule has 94 valence electrons. The maximum Gasteiger partial charge on any atom is 0.0634 e. The van der Waals surface area contributed by atoms with Gasteiger partial charge >= 0.3 is 0 Å². The van der Waals surface area contributed by atoms with Gasteiger partial charge in [0.05, 0.1) is 13.2 Å². The van der Waals surface area contributed by atoms with Crippen LogP contribution >= 0.6 is 0 Å². The topological polar surface area (TPSA) is 38.5 Å². The molecule has 0 spiro atoms. The predicted molar refractivity (Wildman–Crippen MR) is 70.0 cm³/mol. The number of benzene rings is 1. The van der Waals surface area contributed by atoms with Crippen molar-refractivity contribution in [3.8, 4) is 0 Å². The quantitative estimate of drug-likeness (QED) is 0.860. The van der Waals surface area contributed by atoms with Crippen LogP contribution in [0.2, 0.25) is 0 Å². The maximum atomic E-state index is 5.80. The standard InChI is InChI=1S/C14H22N2O/c1-11-4-3-5-12(2)14(11)9-16-6-7-17-10-13(16)8-15/h3-5,13H,6-10,15H2,1-2H3. The molecule has 2 N–H and O–H groups in total. The number of rotatable bonds is 3. The molecule has 0 aromatic heterocycles. The van der Waals surface area contributed by atoms with Crippen molar-refractivity contribution in [2.45, 2.75) is 26.4 Å². The fourth-order valence-electron chi connectivity index (χ4n) is 2.42. The number of hydrogen-bond donors (Lipinski definition) is 1.